The molecule has 0 amide bonds. The van der Waals surface area contributed by atoms with Crippen LogP contribution in [-0.2, 0) is 11.3 Å². The van der Waals surface area contributed by atoms with Crippen LogP contribution in [0, 0.1) is 0 Å². The number of hydrogen-bond acceptors (Lipinski definition) is 4. The third-order valence-electron chi connectivity index (χ3n) is 4.56. The maximum absolute atomic E-state index is 6.06. The summed E-state index contributed by atoms with van der Waals surface area (Å²) in [4.78, 5) is 2.43. The van der Waals surface area contributed by atoms with E-state index >= 15 is 0 Å². The first-order valence-electron chi connectivity index (χ1n) is 8.58. The molecular weight excluding hydrogens is 300 g/mol. The lowest BCUT2D eigenvalue weighted by Crippen LogP contribution is -2.47. The van der Waals surface area contributed by atoms with E-state index in [2.05, 4.69) is 36.1 Å². The summed E-state index contributed by atoms with van der Waals surface area (Å²) in [7, 11) is 0. The number of nitrogens with zero attached hydrogens (tertiary/aromatic N) is 1. The Morgan fingerprint density at radius 2 is 1.92 bits per heavy atom. The maximum atomic E-state index is 6.06. The molecule has 2 aromatic carbocycles. The van der Waals surface area contributed by atoms with E-state index in [0.29, 0.717) is 19.2 Å². The van der Waals surface area contributed by atoms with E-state index in [1.54, 1.807) is 0 Å². The largest absolute Gasteiger partial charge is 0.489 e. The topological polar surface area (TPSA) is 47.7 Å². The minimum atomic E-state index is 0.229. The molecule has 0 bridgehead atoms. The van der Waals surface area contributed by atoms with Crippen LogP contribution in [0.25, 0.3) is 0 Å². The van der Waals surface area contributed by atoms with Gasteiger partial charge in [-0.3, -0.25) is 4.90 Å². The summed E-state index contributed by atoms with van der Waals surface area (Å²) in [5, 5.41) is 0. The normalized spacial score (nSPS) is 19.8. The van der Waals surface area contributed by atoms with Gasteiger partial charge in [0.1, 0.15) is 12.4 Å². The molecule has 1 aliphatic rings. The predicted octanol–water partition coefficient (Wildman–Crippen LogP) is 2.99. The molecule has 0 aliphatic carbocycles. The molecule has 2 atom stereocenters. The van der Waals surface area contributed by atoms with E-state index in [-0.39, 0.29) is 6.04 Å². The van der Waals surface area contributed by atoms with Crippen LogP contribution in [0.1, 0.15) is 24.1 Å². The Kier molecular flexibility index (Phi) is 5.86. The molecule has 128 valence electrons. The lowest BCUT2D eigenvalue weighted by atomic mass is 10.0. The number of rotatable bonds is 6. The van der Waals surface area contributed by atoms with Crippen LogP contribution in [-0.4, -0.2) is 37.2 Å². The van der Waals surface area contributed by atoms with Gasteiger partial charge in [-0.25, -0.2) is 0 Å². The second-order valence-electron chi connectivity index (χ2n) is 6.26. The van der Waals surface area contributed by atoms with Gasteiger partial charge in [0.05, 0.1) is 13.2 Å². The van der Waals surface area contributed by atoms with Crippen molar-refractivity contribution < 1.29 is 9.47 Å². The van der Waals surface area contributed by atoms with Gasteiger partial charge in [0.25, 0.3) is 0 Å². The average molecular weight is 326 g/mol. The van der Waals surface area contributed by atoms with E-state index in [1.807, 2.05) is 30.3 Å². The Balaban J connectivity index is 1.64. The first-order chi connectivity index (χ1) is 11.8. The van der Waals surface area contributed by atoms with Crippen LogP contribution in [0.3, 0.4) is 0 Å². The van der Waals surface area contributed by atoms with Crippen molar-refractivity contribution in [2.24, 2.45) is 5.73 Å². The van der Waals surface area contributed by atoms with Crippen molar-refractivity contribution in [1.82, 2.24) is 4.90 Å². The molecule has 1 heterocycles. The molecule has 24 heavy (non-hydrogen) atoms. The second kappa shape index (κ2) is 8.29. The Hall–Kier alpha value is -1.88. The SMILES string of the molecule is CC1COCCN1C(CN)c1ccc(OCc2ccccc2)cc1. The molecule has 3 rings (SSSR count). The first-order valence-corrected chi connectivity index (χ1v) is 8.58. The molecule has 0 saturated carbocycles. The summed E-state index contributed by atoms with van der Waals surface area (Å²) in [6.07, 6.45) is 0. The number of hydrogen-bond donors (Lipinski definition) is 1. The molecule has 1 aliphatic heterocycles. The van der Waals surface area contributed by atoms with Gasteiger partial charge in [0.2, 0.25) is 0 Å². The Morgan fingerprint density at radius 3 is 2.58 bits per heavy atom. The Labute approximate surface area is 144 Å². The number of morpholine rings is 1. The van der Waals surface area contributed by atoms with Gasteiger partial charge in [0.15, 0.2) is 0 Å². The van der Waals surface area contributed by atoms with Crippen LogP contribution in [0.2, 0.25) is 0 Å². The summed E-state index contributed by atoms with van der Waals surface area (Å²) in [5.74, 6) is 0.883. The summed E-state index contributed by atoms with van der Waals surface area (Å²) in [6.45, 7) is 5.86. The van der Waals surface area contributed by atoms with Gasteiger partial charge in [-0.1, -0.05) is 42.5 Å². The second-order valence-corrected chi connectivity index (χ2v) is 6.26. The lowest BCUT2D eigenvalue weighted by molar-refractivity contribution is -0.0209. The zero-order valence-corrected chi connectivity index (χ0v) is 14.2. The van der Waals surface area contributed by atoms with Crippen molar-refractivity contribution in [2.45, 2.75) is 25.6 Å². The molecule has 0 radical (unpaired) electrons. The van der Waals surface area contributed by atoms with Crippen molar-refractivity contribution in [3.8, 4) is 5.75 Å². The van der Waals surface area contributed by atoms with E-state index in [9.17, 15) is 0 Å². The maximum Gasteiger partial charge on any atom is 0.119 e. The highest BCUT2D eigenvalue weighted by Crippen LogP contribution is 2.26. The minimum absolute atomic E-state index is 0.229. The van der Waals surface area contributed by atoms with Crippen molar-refractivity contribution in [1.29, 1.82) is 0 Å². The van der Waals surface area contributed by atoms with Gasteiger partial charge in [-0.2, -0.15) is 0 Å². The van der Waals surface area contributed by atoms with Gasteiger partial charge < -0.3 is 15.2 Å². The zero-order valence-electron chi connectivity index (χ0n) is 14.2. The monoisotopic (exact) mass is 326 g/mol. The molecule has 4 nitrogen and oxygen atoms in total. The van der Waals surface area contributed by atoms with E-state index in [0.717, 1.165) is 25.5 Å². The first kappa shape index (κ1) is 17.0. The molecule has 2 unspecified atom stereocenters. The lowest BCUT2D eigenvalue weighted by Gasteiger charge is -2.39. The summed E-state index contributed by atoms with van der Waals surface area (Å²) < 4.78 is 11.4. The standard InChI is InChI=1S/C20H26N2O2/c1-16-14-23-12-11-22(16)20(13-21)18-7-9-19(10-8-18)24-15-17-5-3-2-4-6-17/h2-10,16,20H,11-15,21H2,1H3. The van der Waals surface area contributed by atoms with E-state index in [4.69, 9.17) is 15.2 Å². The Bertz CT molecular complexity index is 615. The summed E-state index contributed by atoms with van der Waals surface area (Å²) in [5.41, 5.74) is 8.46. The highest BCUT2D eigenvalue weighted by Gasteiger charge is 2.26. The fourth-order valence-electron chi connectivity index (χ4n) is 3.19. The van der Waals surface area contributed by atoms with Gasteiger partial charge >= 0.3 is 0 Å². The van der Waals surface area contributed by atoms with Gasteiger partial charge in [0, 0.05) is 25.2 Å². The zero-order chi connectivity index (χ0) is 16.8. The van der Waals surface area contributed by atoms with Crippen molar-refractivity contribution in [3.63, 3.8) is 0 Å². The van der Waals surface area contributed by atoms with Crippen molar-refractivity contribution in [3.05, 3.63) is 65.7 Å². The number of benzene rings is 2. The predicted molar refractivity (Wildman–Crippen MR) is 96.0 cm³/mol. The van der Waals surface area contributed by atoms with Gasteiger partial charge in [-0.05, 0) is 30.2 Å². The Morgan fingerprint density at radius 1 is 1.17 bits per heavy atom. The molecule has 1 saturated heterocycles. The third-order valence-corrected chi connectivity index (χ3v) is 4.56. The highest BCUT2D eigenvalue weighted by molar-refractivity contribution is 5.30. The number of ether oxygens (including phenoxy) is 2. The number of nitrogens with two attached hydrogens (primary N) is 1. The molecule has 2 N–H and O–H groups in total. The summed E-state index contributed by atoms with van der Waals surface area (Å²) >= 11 is 0. The van der Waals surface area contributed by atoms with E-state index in [1.165, 1.54) is 11.1 Å². The van der Waals surface area contributed by atoms with Crippen LogP contribution in [0.5, 0.6) is 5.75 Å². The van der Waals surface area contributed by atoms with Crippen LogP contribution in [0.15, 0.2) is 54.6 Å². The van der Waals surface area contributed by atoms with Crippen molar-refractivity contribution >= 4 is 0 Å². The quantitative estimate of drug-likeness (QED) is 0.886. The molecule has 2 aromatic rings. The minimum Gasteiger partial charge on any atom is -0.489 e. The van der Waals surface area contributed by atoms with E-state index < -0.39 is 0 Å². The van der Waals surface area contributed by atoms with Crippen LogP contribution >= 0.6 is 0 Å². The molecule has 0 aromatic heterocycles. The fourth-order valence-corrected chi connectivity index (χ4v) is 3.19. The molecule has 1 fully saturated rings. The van der Waals surface area contributed by atoms with Crippen molar-refractivity contribution in [2.75, 3.05) is 26.3 Å². The molecule has 4 heteroatoms. The van der Waals surface area contributed by atoms with Gasteiger partial charge in [-0.15, -0.1) is 0 Å². The molecular formula is C20H26N2O2. The highest BCUT2D eigenvalue weighted by atomic mass is 16.5. The summed E-state index contributed by atoms with van der Waals surface area (Å²) in [6, 6.07) is 19.1. The van der Waals surface area contributed by atoms with Crippen LogP contribution < -0.4 is 10.5 Å². The molecule has 0 spiro atoms. The van der Waals surface area contributed by atoms with Crippen LogP contribution in [0.4, 0.5) is 0 Å². The smallest absolute Gasteiger partial charge is 0.119 e. The third kappa shape index (κ3) is 4.15. The fraction of sp³-hybridized carbons (Fsp3) is 0.400. The average Bonchev–Trinajstić information content (AvgIpc) is 2.64.